The number of hydrogen-bond donors (Lipinski definition) is 1. The number of aryl methyl sites for hydroxylation is 1. The molecule has 0 bridgehead atoms. The second kappa shape index (κ2) is 6.05. The Kier molecular flexibility index (Phi) is 3.74. The molecule has 0 atom stereocenters. The van der Waals surface area contributed by atoms with Gasteiger partial charge in [-0.3, -0.25) is 10.1 Å². The SMILES string of the molecule is Cc1cccc(C(=O)Nc2nc(-c3ccc4c(c3)CCO4)cs2)n1. The number of aromatic nitrogens is 2. The molecule has 1 aliphatic heterocycles. The van der Waals surface area contributed by atoms with Crippen LogP contribution in [0.2, 0.25) is 0 Å². The Bertz CT molecular complexity index is 920. The molecule has 0 fully saturated rings. The molecule has 0 spiro atoms. The van der Waals surface area contributed by atoms with Gasteiger partial charge in [0.1, 0.15) is 11.4 Å². The Morgan fingerprint density at radius 1 is 1.25 bits per heavy atom. The third-order valence-corrected chi connectivity index (χ3v) is 4.59. The molecular weight excluding hydrogens is 322 g/mol. The van der Waals surface area contributed by atoms with Crippen molar-refractivity contribution in [3.63, 3.8) is 0 Å². The van der Waals surface area contributed by atoms with Crippen LogP contribution in [0, 0.1) is 6.92 Å². The quantitative estimate of drug-likeness (QED) is 0.791. The van der Waals surface area contributed by atoms with Crippen LogP contribution in [-0.4, -0.2) is 22.5 Å². The average Bonchev–Trinajstić information content (AvgIpc) is 3.23. The fourth-order valence-electron chi connectivity index (χ4n) is 2.64. The lowest BCUT2D eigenvalue weighted by Crippen LogP contribution is -2.13. The van der Waals surface area contributed by atoms with E-state index in [1.807, 2.05) is 36.6 Å². The van der Waals surface area contributed by atoms with Crippen LogP contribution in [0.5, 0.6) is 5.75 Å². The minimum absolute atomic E-state index is 0.248. The number of hydrogen-bond acceptors (Lipinski definition) is 5. The van der Waals surface area contributed by atoms with Gasteiger partial charge in [0.15, 0.2) is 5.13 Å². The van der Waals surface area contributed by atoms with E-state index in [0.29, 0.717) is 10.8 Å². The highest BCUT2D eigenvalue weighted by molar-refractivity contribution is 7.14. The Morgan fingerprint density at radius 2 is 2.17 bits per heavy atom. The smallest absolute Gasteiger partial charge is 0.276 e. The fraction of sp³-hybridized carbons (Fsp3) is 0.167. The van der Waals surface area contributed by atoms with Crippen molar-refractivity contribution in [3.05, 3.63) is 58.7 Å². The van der Waals surface area contributed by atoms with E-state index in [1.54, 1.807) is 6.07 Å². The van der Waals surface area contributed by atoms with Crippen LogP contribution < -0.4 is 10.1 Å². The fourth-order valence-corrected chi connectivity index (χ4v) is 3.36. The number of carbonyl (C=O) groups excluding carboxylic acids is 1. The monoisotopic (exact) mass is 337 g/mol. The van der Waals surface area contributed by atoms with E-state index in [4.69, 9.17) is 4.74 Å². The van der Waals surface area contributed by atoms with E-state index in [2.05, 4.69) is 21.4 Å². The minimum Gasteiger partial charge on any atom is -0.493 e. The lowest BCUT2D eigenvalue weighted by atomic mass is 10.1. The number of amides is 1. The normalized spacial score (nSPS) is 12.5. The second-order valence-electron chi connectivity index (χ2n) is 5.58. The first-order chi connectivity index (χ1) is 11.7. The van der Waals surface area contributed by atoms with Crippen LogP contribution in [0.15, 0.2) is 41.8 Å². The average molecular weight is 337 g/mol. The van der Waals surface area contributed by atoms with Gasteiger partial charge in [-0.1, -0.05) is 6.07 Å². The van der Waals surface area contributed by atoms with Crippen molar-refractivity contribution in [3.8, 4) is 17.0 Å². The van der Waals surface area contributed by atoms with Crippen LogP contribution in [0.3, 0.4) is 0 Å². The summed E-state index contributed by atoms with van der Waals surface area (Å²) in [7, 11) is 0. The molecule has 120 valence electrons. The predicted octanol–water partition coefficient (Wildman–Crippen LogP) is 3.70. The van der Waals surface area contributed by atoms with Gasteiger partial charge >= 0.3 is 0 Å². The molecule has 0 saturated heterocycles. The molecule has 3 aromatic rings. The van der Waals surface area contributed by atoms with Crippen molar-refractivity contribution in [2.75, 3.05) is 11.9 Å². The zero-order valence-electron chi connectivity index (χ0n) is 13.1. The molecular formula is C18H15N3O2S. The van der Waals surface area contributed by atoms with Crippen LogP contribution in [0.25, 0.3) is 11.3 Å². The highest BCUT2D eigenvalue weighted by atomic mass is 32.1. The van der Waals surface area contributed by atoms with Gasteiger partial charge in [-0.05, 0) is 42.8 Å². The lowest BCUT2D eigenvalue weighted by molar-refractivity contribution is 0.102. The van der Waals surface area contributed by atoms with Gasteiger partial charge in [0.2, 0.25) is 0 Å². The van der Waals surface area contributed by atoms with Crippen LogP contribution in [-0.2, 0) is 6.42 Å². The van der Waals surface area contributed by atoms with Crippen molar-refractivity contribution >= 4 is 22.4 Å². The highest BCUT2D eigenvalue weighted by Crippen LogP contribution is 2.31. The van der Waals surface area contributed by atoms with Crippen molar-refractivity contribution in [2.24, 2.45) is 0 Å². The number of ether oxygens (including phenoxy) is 1. The number of fused-ring (bicyclic) bond motifs is 1. The molecule has 1 N–H and O–H groups in total. The minimum atomic E-state index is -0.248. The number of rotatable bonds is 3. The van der Waals surface area contributed by atoms with Crippen molar-refractivity contribution < 1.29 is 9.53 Å². The summed E-state index contributed by atoms with van der Waals surface area (Å²) >= 11 is 1.40. The van der Waals surface area contributed by atoms with E-state index in [1.165, 1.54) is 16.9 Å². The predicted molar refractivity (Wildman–Crippen MR) is 93.7 cm³/mol. The number of nitrogens with zero attached hydrogens (tertiary/aromatic N) is 2. The van der Waals surface area contributed by atoms with Gasteiger partial charge in [0.25, 0.3) is 5.91 Å². The lowest BCUT2D eigenvalue weighted by Gasteiger charge is -2.02. The summed E-state index contributed by atoms with van der Waals surface area (Å²) in [4.78, 5) is 21.0. The topological polar surface area (TPSA) is 64.1 Å². The van der Waals surface area contributed by atoms with Gasteiger partial charge in [0.05, 0.1) is 12.3 Å². The van der Waals surface area contributed by atoms with E-state index in [-0.39, 0.29) is 5.91 Å². The molecule has 1 aliphatic rings. The summed E-state index contributed by atoms with van der Waals surface area (Å²) in [6.07, 6.45) is 0.927. The van der Waals surface area contributed by atoms with E-state index >= 15 is 0 Å². The Labute approximate surface area is 143 Å². The standard InChI is InChI=1S/C18H15N3O2S/c1-11-3-2-4-14(19-11)17(22)21-18-20-15(10-24-18)12-5-6-16-13(9-12)7-8-23-16/h2-6,9-10H,7-8H2,1H3,(H,20,21,22). The molecule has 5 nitrogen and oxygen atoms in total. The van der Waals surface area contributed by atoms with Gasteiger partial charge < -0.3 is 4.74 Å². The summed E-state index contributed by atoms with van der Waals surface area (Å²) < 4.78 is 5.52. The summed E-state index contributed by atoms with van der Waals surface area (Å²) in [6.45, 7) is 2.59. The van der Waals surface area contributed by atoms with Crippen LogP contribution >= 0.6 is 11.3 Å². The van der Waals surface area contributed by atoms with E-state index in [0.717, 1.165) is 35.7 Å². The number of carbonyl (C=O) groups is 1. The zero-order valence-corrected chi connectivity index (χ0v) is 13.9. The van der Waals surface area contributed by atoms with Gasteiger partial charge in [-0.25, -0.2) is 9.97 Å². The number of pyridine rings is 1. The largest absolute Gasteiger partial charge is 0.493 e. The molecule has 2 aromatic heterocycles. The maximum Gasteiger partial charge on any atom is 0.276 e. The maximum absolute atomic E-state index is 12.2. The number of benzene rings is 1. The first-order valence-corrected chi connectivity index (χ1v) is 8.54. The summed E-state index contributed by atoms with van der Waals surface area (Å²) in [6, 6.07) is 11.4. The van der Waals surface area contributed by atoms with Crippen LogP contribution in [0.4, 0.5) is 5.13 Å². The molecule has 0 aliphatic carbocycles. The van der Waals surface area contributed by atoms with Gasteiger partial charge in [0, 0.05) is 23.1 Å². The Morgan fingerprint density at radius 3 is 3.04 bits per heavy atom. The molecule has 0 saturated carbocycles. The van der Waals surface area contributed by atoms with Crippen LogP contribution in [0.1, 0.15) is 21.7 Å². The molecule has 24 heavy (non-hydrogen) atoms. The Hall–Kier alpha value is -2.73. The third kappa shape index (κ3) is 2.88. The first kappa shape index (κ1) is 14.8. The molecule has 3 heterocycles. The summed E-state index contributed by atoms with van der Waals surface area (Å²) in [5.74, 6) is 0.704. The maximum atomic E-state index is 12.2. The van der Waals surface area contributed by atoms with Gasteiger partial charge in [-0.2, -0.15) is 0 Å². The molecule has 6 heteroatoms. The highest BCUT2D eigenvalue weighted by Gasteiger charge is 2.15. The first-order valence-electron chi connectivity index (χ1n) is 7.66. The van der Waals surface area contributed by atoms with E-state index in [9.17, 15) is 4.79 Å². The number of nitrogens with one attached hydrogen (secondary N) is 1. The second-order valence-corrected chi connectivity index (χ2v) is 6.44. The third-order valence-electron chi connectivity index (χ3n) is 3.83. The zero-order chi connectivity index (χ0) is 16.5. The summed E-state index contributed by atoms with van der Waals surface area (Å²) in [5, 5.41) is 5.32. The number of anilines is 1. The summed E-state index contributed by atoms with van der Waals surface area (Å²) in [5.41, 5.74) is 4.28. The molecule has 1 amide bonds. The Balaban J connectivity index is 1.53. The van der Waals surface area contributed by atoms with E-state index < -0.39 is 0 Å². The molecule has 1 aromatic carbocycles. The van der Waals surface area contributed by atoms with Crippen molar-refractivity contribution in [1.82, 2.24) is 9.97 Å². The molecule has 4 rings (SSSR count). The van der Waals surface area contributed by atoms with Crippen molar-refractivity contribution in [2.45, 2.75) is 13.3 Å². The molecule has 0 radical (unpaired) electrons. The van der Waals surface area contributed by atoms with Gasteiger partial charge in [-0.15, -0.1) is 11.3 Å². The molecule has 0 unspecified atom stereocenters. The van der Waals surface area contributed by atoms with Crippen molar-refractivity contribution in [1.29, 1.82) is 0 Å². The number of thiazole rings is 1.